The average Bonchev–Trinajstić information content (AvgIpc) is 2.70. The van der Waals surface area contributed by atoms with Crippen LogP contribution >= 0.6 is 0 Å². The van der Waals surface area contributed by atoms with E-state index in [1.54, 1.807) is 0 Å². The molecule has 0 aliphatic heterocycles. The molecule has 2 heteroatoms. The highest BCUT2D eigenvalue weighted by Crippen LogP contribution is 2.25. The van der Waals surface area contributed by atoms with Gasteiger partial charge in [-0.05, 0) is 54.0 Å². The predicted molar refractivity (Wildman–Crippen MR) is 121 cm³/mol. The molecule has 0 spiro atoms. The van der Waals surface area contributed by atoms with Crippen molar-refractivity contribution < 1.29 is 9.90 Å². The Morgan fingerprint density at radius 3 is 2.32 bits per heavy atom. The zero-order chi connectivity index (χ0) is 20.0. The number of hydrogen-bond acceptors (Lipinski definition) is 1. The second-order valence-corrected chi connectivity index (χ2v) is 7.77. The van der Waals surface area contributed by atoms with Gasteiger partial charge in [-0.2, -0.15) is 0 Å². The molecular formula is C26H36O2. The maximum Gasteiger partial charge on any atom is 0.303 e. The van der Waals surface area contributed by atoms with Crippen molar-refractivity contribution >= 4 is 22.8 Å². The molecule has 1 N–H and O–H groups in total. The highest BCUT2D eigenvalue weighted by atomic mass is 16.4. The second kappa shape index (κ2) is 13.1. The van der Waals surface area contributed by atoms with E-state index >= 15 is 0 Å². The lowest BCUT2D eigenvalue weighted by Crippen LogP contribution is -1.93. The summed E-state index contributed by atoms with van der Waals surface area (Å²) in [5.74, 6) is -0.674. The third-order valence-electron chi connectivity index (χ3n) is 5.41. The summed E-state index contributed by atoms with van der Waals surface area (Å²) >= 11 is 0. The fraction of sp³-hybridized carbons (Fsp3) is 0.500. The van der Waals surface area contributed by atoms with E-state index in [0.29, 0.717) is 6.42 Å². The lowest BCUT2D eigenvalue weighted by Gasteiger charge is -2.09. The maximum absolute atomic E-state index is 10.5. The van der Waals surface area contributed by atoms with Crippen molar-refractivity contribution in [2.45, 2.75) is 84.0 Å². The molecule has 0 heterocycles. The number of allylic oxidation sites excluding steroid dienone is 1. The summed E-state index contributed by atoms with van der Waals surface area (Å²) in [7, 11) is 0. The van der Waals surface area contributed by atoms with E-state index in [-0.39, 0.29) is 0 Å². The highest BCUT2D eigenvalue weighted by Gasteiger charge is 2.04. The first-order valence-corrected chi connectivity index (χ1v) is 11.1. The lowest BCUT2D eigenvalue weighted by atomic mass is 9.96. The predicted octanol–water partition coefficient (Wildman–Crippen LogP) is 7.79. The van der Waals surface area contributed by atoms with E-state index in [1.165, 1.54) is 66.8 Å². The minimum absolute atomic E-state index is 0.314. The molecular weight excluding hydrogens is 344 g/mol. The SMILES string of the molecule is CCCCCc1ccc(C=CCCCCCCCCC(=O)O)c2ccccc12. The number of carboxylic acid groups (broad SMARTS) is 1. The Labute approximate surface area is 170 Å². The summed E-state index contributed by atoms with van der Waals surface area (Å²) < 4.78 is 0. The molecule has 2 aromatic carbocycles. The molecule has 0 aromatic heterocycles. The van der Waals surface area contributed by atoms with Gasteiger partial charge in [-0.3, -0.25) is 4.79 Å². The van der Waals surface area contributed by atoms with Crippen molar-refractivity contribution in [1.29, 1.82) is 0 Å². The Hall–Kier alpha value is -2.09. The standard InChI is InChI=1S/C26H36O2/c1-2-3-10-15-22-20-21-23(25-18-14-13-17-24(22)25)16-11-8-6-4-5-7-9-12-19-26(27)28/h11,13-14,16-18,20-21H,2-10,12,15,19H2,1H3,(H,27,28). The van der Waals surface area contributed by atoms with Crippen molar-refractivity contribution in [3.05, 3.63) is 53.6 Å². The normalized spacial score (nSPS) is 11.5. The van der Waals surface area contributed by atoms with Gasteiger partial charge in [0.1, 0.15) is 0 Å². The van der Waals surface area contributed by atoms with Crippen LogP contribution in [0.3, 0.4) is 0 Å². The molecule has 0 unspecified atom stereocenters. The molecule has 2 aromatic rings. The number of unbranched alkanes of at least 4 members (excludes halogenated alkanes) is 8. The number of hydrogen-bond donors (Lipinski definition) is 1. The molecule has 0 radical (unpaired) electrons. The van der Waals surface area contributed by atoms with Crippen molar-refractivity contribution in [2.24, 2.45) is 0 Å². The summed E-state index contributed by atoms with van der Waals surface area (Å²) in [5.41, 5.74) is 2.80. The summed E-state index contributed by atoms with van der Waals surface area (Å²) in [4.78, 5) is 10.5. The maximum atomic E-state index is 10.5. The minimum atomic E-state index is -0.674. The van der Waals surface area contributed by atoms with Gasteiger partial charge in [0.2, 0.25) is 0 Å². The van der Waals surface area contributed by atoms with Gasteiger partial charge in [0.25, 0.3) is 0 Å². The average molecular weight is 381 g/mol. The van der Waals surface area contributed by atoms with Crippen LogP contribution in [0.2, 0.25) is 0 Å². The number of fused-ring (bicyclic) bond motifs is 1. The van der Waals surface area contributed by atoms with Gasteiger partial charge in [0.05, 0.1) is 0 Å². The molecule has 152 valence electrons. The first-order valence-electron chi connectivity index (χ1n) is 11.1. The van der Waals surface area contributed by atoms with Crippen LogP contribution in [0.15, 0.2) is 42.5 Å². The Kier molecular flexibility index (Phi) is 10.4. The highest BCUT2D eigenvalue weighted by molar-refractivity contribution is 5.93. The van der Waals surface area contributed by atoms with Gasteiger partial charge >= 0.3 is 5.97 Å². The smallest absolute Gasteiger partial charge is 0.303 e. The summed E-state index contributed by atoms with van der Waals surface area (Å²) in [6.07, 6.45) is 17.7. The number of carboxylic acids is 1. The van der Waals surface area contributed by atoms with Crippen LogP contribution in [0.5, 0.6) is 0 Å². The molecule has 0 bridgehead atoms. The number of benzene rings is 2. The summed E-state index contributed by atoms with van der Waals surface area (Å²) in [6, 6.07) is 13.4. The molecule has 2 nitrogen and oxygen atoms in total. The Morgan fingerprint density at radius 1 is 0.857 bits per heavy atom. The fourth-order valence-corrected chi connectivity index (χ4v) is 3.77. The van der Waals surface area contributed by atoms with Crippen molar-refractivity contribution in [2.75, 3.05) is 0 Å². The Balaban J connectivity index is 1.79. The zero-order valence-corrected chi connectivity index (χ0v) is 17.5. The van der Waals surface area contributed by atoms with Crippen LogP contribution in [0.1, 0.15) is 88.7 Å². The van der Waals surface area contributed by atoms with E-state index in [0.717, 1.165) is 25.7 Å². The monoisotopic (exact) mass is 380 g/mol. The van der Waals surface area contributed by atoms with E-state index in [9.17, 15) is 4.79 Å². The largest absolute Gasteiger partial charge is 0.481 e. The minimum Gasteiger partial charge on any atom is -0.481 e. The van der Waals surface area contributed by atoms with Crippen molar-refractivity contribution in [3.8, 4) is 0 Å². The molecule has 0 aliphatic carbocycles. The number of carbonyl (C=O) groups is 1. The molecule has 0 saturated heterocycles. The molecule has 0 amide bonds. The Bertz CT molecular complexity index is 745. The van der Waals surface area contributed by atoms with Gasteiger partial charge in [-0.15, -0.1) is 0 Å². The van der Waals surface area contributed by atoms with Crippen molar-refractivity contribution in [3.63, 3.8) is 0 Å². The molecule has 0 aliphatic rings. The summed E-state index contributed by atoms with van der Waals surface area (Å²) in [6.45, 7) is 2.26. The number of aryl methyl sites for hydroxylation is 1. The third-order valence-corrected chi connectivity index (χ3v) is 5.41. The first kappa shape index (κ1) is 22.2. The van der Waals surface area contributed by atoms with Gasteiger partial charge in [0.15, 0.2) is 0 Å². The van der Waals surface area contributed by atoms with Gasteiger partial charge in [-0.1, -0.05) is 94.0 Å². The molecule has 28 heavy (non-hydrogen) atoms. The number of rotatable bonds is 14. The van der Waals surface area contributed by atoms with E-state index in [4.69, 9.17) is 5.11 Å². The van der Waals surface area contributed by atoms with Crippen LogP contribution in [0.25, 0.3) is 16.8 Å². The van der Waals surface area contributed by atoms with Crippen LogP contribution in [-0.4, -0.2) is 11.1 Å². The van der Waals surface area contributed by atoms with Crippen LogP contribution < -0.4 is 0 Å². The van der Waals surface area contributed by atoms with Crippen LogP contribution in [0, 0.1) is 0 Å². The van der Waals surface area contributed by atoms with Gasteiger partial charge in [-0.25, -0.2) is 0 Å². The zero-order valence-electron chi connectivity index (χ0n) is 17.5. The molecule has 0 atom stereocenters. The fourth-order valence-electron chi connectivity index (χ4n) is 3.77. The van der Waals surface area contributed by atoms with Crippen LogP contribution in [0.4, 0.5) is 0 Å². The quantitative estimate of drug-likeness (QED) is 0.340. The van der Waals surface area contributed by atoms with Crippen LogP contribution in [-0.2, 0) is 11.2 Å². The summed E-state index contributed by atoms with van der Waals surface area (Å²) in [5, 5.41) is 11.4. The molecule has 0 saturated carbocycles. The van der Waals surface area contributed by atoms with Gasteiger partial charge < -0.3 is 5.11 Å². The number of aliphatic carboxylic acids is 1. The van der Waals surface area contributed by atoms with E-state index in [2.05, 4.69) is 55.5 Å². The van der Waals surface area contributed by atoms with Crippen molar-refractivity contribution in [1.82, 2.24) is 0 Å². The van der Waals surface area contributed by atoms with Gasteiger partial charge in [0, 0.05) is 6.42 Å². The molecule has 2 rings (SSSR count). The lowest BCUT2D eigenvalue weighted by molar-refractivity contribution is -0.137. The Morgan fingerprint density at radius 2 is 1.57 bits per heavy atom. The van der Waals surface area contributed by atoms with E-state index in [1.807, 2.05) is 0 Å². The first-order chi connectivity index (χ1) is 13.7. The molecule has 0 fully saturated rings. The third kappa shape index (κ3) is 7.88. The second-order valence-electron chi connectivity index (χ2n) is 7.77. The topological polar surface area (TPSA) is 37.3 Å². The van der Waals surface area contributed by atoms with E-state index < -0.39 is 5.97 Å².